The van der Waals surface area contributed by atoms with Crippen molar-refractivity contribution in [2.24, 2.45) is 0 Å². The molecule has 0 unspecified atom stereocenters. The molecule has 0 aliphatic carbocycles. The molecule has 0 bridgehead atoms. The van der Waals surface area contributed by atoms with E-state index in [9.17, 15) is 0 Å². The highest BCUT2D eigenvalue weighted by Gasteiger charge is 2.16. The molecule has 8 heteroatoms. The summed E-state index contributed by atoms with van der Waals surface area (Å²) in [6.45, 7) is 8.83. The normalized spacial score (nSPS) is 14.5. The Bertz CT molecular complexity index is 979. The SMILES string of the molecule is CCCCOc1nc(N)c2[nH]cc(Cc3cnc(N4CCNCC4)c(C)c3)c2n1. The fourth-order valence-electron chi connectivity index (χ4n) is 3.72. The summed E-state index contributed by atoms with van der Waals surface area (Å²) in [4.78, 5) is 19.2. The number of unbranched alkanes of at least 4 members (excludes halogenated alkanes) is 1. The first-order chi connectivity index (χ1) is 14.2. The van der Waals surface area contributed by atoms with Crippen molar-refractivity contribution >= 4 is 22.7 Å². The van der Waals surface area contributed by atoms with E-state index in [-0.39, 0.29) is 0 Å². The van der Waals surface area contributed by atoms with Gasteiger partial charge in [0, 0.05) is 50.6 Å². The van der Waals surface area contributed by atoms with E-state index in [0.29, 0.717) is 18.4 Å². The van der Waals surface area contributed by atoms with Gasteiger partial charge in [0.2, 0.25) is 0 Å². The summed E-state index contributed by atoms with van der Waals surface area (Å²) in [5, 5.41) is 3.38. The van der Waals surface area contributed by atoms with Crippen LogP contribution in [-0.2, 0) is 6.42 Å². The Kier molecular flexibility index (Phi) is 5.80. The topological polar surface area (TPSA) is 105 Å². The lowest BCUT2D eigenvalue weighted by atomic mass is 10.1. The van der Waals surface area contributed by atoms with Crippen LogP contribution in [0.4, 0.5) is 11.6 Å². The number of hydrogen-bond acceptors (Lipinski definition) is 7. The Labute approximate surface area is 170 Å². The highest BCUT2D eigenvalue weighted by molar-refractivity contribution is 5.87. The van der Waals surface area contributed by atoms with E-state index in [4.69, 9.17) is 15.5 Å². The molecule has 29 heavy (non-hydrogen) atoms. The summed E-state index contributed by atoms with van der Waals surface area (Å²) in [6, 6.07) is 2.56. The van der Waals surface area contributed by atoms with Crippen LogP contribution in [0.3, 0.4) is 0 Å². The van der Waals surface area contributed by atoms with Gasteiger partial charge >= 0.3 is 6.01 Å². The van der Waals surface area contributed by atoms with Gasteiger partial charge in [-0.2, -0.15) is 9.97 Å². The second-order valence-corrected chi connectivity index (χ2v) is 7.53. The molecule has 154 valence electrons. The van der Waals surface area contributed by atoms with Crippen molar-refractivity contribution in [3.8, 4) is 6.01 Å². The maximum atomic E-state index is 6.11. The Balaban J connectivity index is 1.56. The van der Waals surface area contributed by atoms with Crippen molar-refractivity contribution < 1.29 is 4.74 Å². The standard InChI is InChI=1S/C21H29N7O/c1-3-4-9-29-21-26-17-16(13-24-18(17)19(22)27-21)11-15-10-14(2)20(25-12-15)28-7-5-23-6-8-28/h10,12-13,23-24H,3-9,11H2,1-2H3,(H2,22,26,27). The summed E-state index contributed by atoms with van der Waals surface area (Å²) in [5.41, 5.74) is 11.1. The van der Waals surface area contributed by atoms with Crippen LogP contribution in [0, 0.1) is 6.92 Å². The number of ether oxygens (including phenoxy) is 1. The van der Waals surface area contributed by atoms with E-state index < -0.39 is 0 Å². The quantitative estimate of drug-likeness (QED) is 0.528. The number of rotatable bonds is 7. The van der Waals surface area contributed by atoms with Crippen LogP contribution in [0.2, 0.25) is 0 Å². The number of H-pyrrole nitrogens is 1. The average Bonchev–Trinajstić information content (AvgIpc) is 3.12. The lowest BCUT2D eigenvalue weighted by Gasteiger charge is -2.29. The van der Waals surface area contributed by atoms with Crippen molar-refractivity contribution in [3.05, 3.63) is 35.2 Å². The lowest BCUT2D eigenvalue weighted by Crippen LogP contribution is -2.44. The molecule has 1 fully saturated rings. The van der Waals surface area contributed by atoms with Gasteiger partial charge in [-0.05, 0) is 24.5 Å². The second kappa shape index (κ2) is 8.65. The highest BCUT2D eigenvalue weighted by atomic mass is 16.5. The number of anilines is 2. The molecular weight excluding hydrogens is 366 g/mol. The molecule has 1 aliphatic heterocycles. The third-order valence-corrected chi connectivity index (χ3v) is 5.26. The number of nitrogens with one attached hydrogen (secondary N) is 2. The average molecular weight is 396 g/mol. The van der Waals surface area contributed by atoms with E-state index in [1.807, 2.05) is 12.4 Å². The number of hydrogen-bond donors (Lipinski definition) is 3. The smallest absolute Gasteiger partial charge is 0.319 e. The number of nitrogens with zero attached hydrogens (tertiary/aromatic N) is 4. The van der Waals surface area contributed by atoms with Gasteiger partial charge in [-0.15, -0.1) is 0 Å². The first-order valence-corrected chi connectivity index (χ1v) is 10.3. The monoisotopic (exact) mass is 395 g/mol. The molecule has 1 aliphatic rings. The number of aromatic nitrogens is 4. The van der Waals surface area contributed by atoms with Crippen molar-refractivity contribution in [1.82, 2.24) is 25.3 Å². The van der Waals surface area contributed by atoms with Gasteiger partial charge in [0.25, 0.3) is 0 Å². The molecule has 4 N–H and O–H groups in total. The largest absolute Gasteiger partial charge is 0.463 e. The molecule has 0 saturated carbocycles. The zero-order valence-corrected chi connectivity index (χ0v) is 17.2. The number of nitrogens with two attached hydrogens (primary N) is 1. The van der Waals surface area contributed by atoms with Crippen LogP contribution in [0.25, 0.3) is 11.0 Å². The van der Waals surface area contributed by atoms with Crippen LogP contribution in [0.1, 0.15) is 36.5 Å². The fraction of sp³-hybridized carbons (Fsp3) is 0.476. The van der Waals surface area contributed by atoms with E-state index in [0.717, 1.165) is 73.4 Å². The number of pyridine rings is 1. The third kappa shape index (κ3) is 4.27. The zero-order chi connectivity index (χ0) is 20.2. The summed E-state index contributed by atoms with van der Waals surface area (Å²) in [7, 11) is 0. The molecular formula is C21H29N7O. The molecule has 0 aromatic carbocycles. The summed E-state index contributed by atoms with van der Waals surface area (Å²) < 4.78 is 5.67. The number of nitrogen functional groups attached to an aromatic ring is 1. The van der Waals surface area contributed by atoms with Crippen LogP contribution in [0.15, 0.2) is 18.5 Å². The minimum atomic E-state index is 0.340. The van der Waals surface area contributed by atoms with E-state index >= 15 is 0 Å². The predicted octanol–water partition coefficient (Wildman–Crippen LogP) is 2.42. The number of aryl methyl sites for hydroxylation is 1. The molecule has 4 heterocycles. The molecule has 0 radical (unpaired) electrons. The van der Waals surface area contributed by atoms with Gasteiger partial charge in [0.1, 0.15) is 16.9 Å². The molecule has 1 saturated heterocycles. The Hall–Kier alpha value is -2.87. The van der Waals surface area contributed by atoms with Gasteiger partial charge in [0.15, 0.2) is 5.82 Å². The minimum absolute atomic E-state index is 0.340. The predicted molar refractivity (Wildman–Crippen MR) is 116 cm³/mol. The van der Waals surface area contributed by atoms with E-state index in [1.54, 1.807) is 0 Å². The van der Waals surface area contributed by atoms with Gasteiger partial charge < -0.3 is 25.7 Å². The van der Waals surface area contributed by atoms with Gasteiger partial charge in [-0.1, -0.05) is 19.4 Å². The van der Waals surface area contributed by atoms with Gasteiger partial charge in [-0.25, -0.2) is 4.98 Å². The maximum absolute atomic E-state index is 6.11. The summed E-state index contributed by atoms with van der Waals surface area (Å²) in [6.07, 6.45) is 6.66. The molecule has 3 aromatic heterocycles. The second-order valence-electron chi connectivity index (χ2n) is 7.53. The number of aromatic amines is 1. The van der Waals surface area contributed by atoms with Crippen LogP contribution in [-0.4, -0.2) is 52.7 Å². The third-order valence-electron chi connectivity index (χ3n) is 5.26. The number of fused-ring (bicyclic) bond motifs is 1. The molecule has 3 aromatic rings. The maximum Gasteiger partial charge on any atom is 0.319 e. The first-order valence-electron chi connectivity index (χ1n) is 10.3. The lowest BCUT2D eigenvalue weighted by molar-refractivity contribution is 0.287. The zero-order valence-electron chi connectivity index (χ0n) is 17.2. The van der Waals surface area contributed by atoms with E-state index in [1.165, 1.54) is 5.56 Å². The van der Waals surface area contributed by atoms with Gasteiger partial charge in [0.05, 0.1) is 6.61 Å². The molecule has 8 nitrogen and oxygen atoms in total. The summed E-state index contributed by atoms with van der Waals surface area (Å²) in [5.74, 6) is 1.49. The van der Waals surface area contributed by atoms with Crippen molar-refractivity contribution in [2.75, 3.05) is 43.4 Å². The Morgan fingerprint density at radius 3 is 2.83 bits per heavy atom. The number of piperazine rings is 1. The first kappa shape index (κ1) is 19.4. The molecule has 0 spiro atoms. The molecule has 4 rings (SSSR count). The molecule has 0 amide bonds. The fourth-order valence-corrected chi connectivity index (χ4v) is 3.72. The Morgan fingerprint density at radius 1 is 1.24 bits per heavy atom. The van der Waals surface area contributed by atoms with Crippen LogP contribution >= 0.6 is 0 Å². The summed E-state index contributed by atoms with van der Waals surface area (Å²) >= 11 is 0. The highest BCUT2D eigenvalue weighted by Crippen LogP contribution is 2.26. The van der Waals surface area contributed by atoms with E-state index in [2.05, 4.69) is 45.1 Å². The Morgan fingerprint density at radius 2 is 2.07 bits per heavy atom. The molecule has 0 atom stereocenters. The van der Waals surface area contributed by atoms with Crippen LogP contribution in [0.5, 0.6) is 6.01 Å². The van der Waals surface area contributed by atoms with Crippen molar-refractivity contribution in [1.29, 1.82) is 0 Å². The van der Waals surface area contributed by atoms with Gasteiger partial charge in [-0.3, -0.25) is 0 Å². The van der Waals surface area contributed by atoms with Crippen molar-refractivity contribution in [3.63, 3.8) is 0 Å². The minimum Gasteiger partial charge on any atom is -0.463 e. The van der Waals surface area contributed by atoms with Crippen LogP contribution < -0.4 is 20.7 Å². The van der Waals surface area contributed by atoms with Crippen molar-refractivity contribution in [2.45, 2.75) is 33.1 Å².